The normalized spacial score (nSPS) is 19.9. The number of hydrogen-bond donors (Lipinski definition) is 0. The van der Waals surface area contributed by atoms with Crippen LogP contribution in [0.5, 0.6) is 0 Å². The van der Waals surface area contributed by atoms with Gasteiger partial charge >= 0.3 is 0 Å². The summed E-state index contributed by atoms with van der Waals surface area (Å²) in [5, 5.41) is 0. The van der Waals surface area contributed by atoms with Crippen molar-refractivity contribution in [1.29, 1.82) is 0 Å². The van der Waals surface area contributed by atoms with Crippen molar-refractivity contribution in [2.45, 2.75) is 26.2 Å². The van der Waals surface area contributed by atoms with Crippen LogP contribution in [0, 0.1) is 0 Å². The second kappa shape index (κ2) is 3.02. The number of Topliss-reactive ketones (excluding diaryl/α,β-unsaturated/α-hetero) is 1. The average Bonchev–Trinajstić information content (AvgIpc) is 2.44. The summed E-state index contributed by atoms with van der Waals surface area (Å²) in [6.07, 6.45) is 5.50. The second-order valence-corrected chi connectivity index (χ2v) is 3.05. The SMILES string of the molecule is CC(=O)C1=C2CCC(=C1)C2.[Rh]. The molecule has 0 spiro atoms. The molecule has 0 heterocycles. The Morgan fingerprint density at radius 1 is 1.45 bits per heavy atom. The van der Waals surface area contributed by atoms with Gasteiger partial charge in [0.1, 0.15) is 0 Å². The number of carbonyl (C=O) groups excluding carboxylic acids is 1. The molecule has 11 heavy (non-hydrogen) atoms. The first-order valence-corrected chi connectivity index (χ1v) is 3.70. The summed E-state index contributed by atoms with van der Waals surface area (Å²) in [6, 6.07) is 0. The van der Waals surface area contributed by atoms with Gasteiger partial charge in [-0.2, -0.15) is 0 Å². The summed E-state index contributed by atoms with van der Waals surface area (Å²) in [5.74, 6) is 0.240. The number of allylic oxidation sites excluding steroid dienone is 4. The zero-order valence-corrected chi connectivity index (χ0v) is 8.08. The van der Waals surface area contributed by atoms with Gasteiger partial charge < -0.3 is 0 Å². The van der Waals surface area contributed by atoms with Crippen LogP contribution in [0.3, 0.4) is 0 Å². The molecular weight excluding hydrogens is 227 g/mol. The summed E-state index contributed by atoms with van der Waals surface area (Å²) >= 11 is 0. The molecule has 1 fully saturated rings. The summed E-state index contributed by atoms with van der Waals surface area (Å²) in [7, 11) is 0. The van der Waals surface area contributed by atoms with E-state index in [4.69, 9.17) is 0 Å². The molecule has 2 rings (SSSR count). The van der Waals surface area contributed by atoms with Crippen LogP contribution in [0.2, 0.25) is 0 Å². The number of ketones is 1. The van der Waals surface area contributed by atoms with Crippen LogP contribution in [0.15, 0.2) is 22.8 Å². The van der Waals surface area contributed by atoms with Gasteiger partial charge in [-0.15, -0.1) is 0 Å². The molecule has 0 unspecified atom stereocenters. The molecule has 0 amide bonds. The summed E-state index contributed by atoms with van der Waals surface area (Å²) in [5.41, 5.74) is 3.84. The number of hydrogen-bond acceptors (Lipinski definition) is 1. The van der Waals surface area contributed by atoms with Gasteiger partial charge in [-0.05, 0) is 26.2 Å². The van der Waals surface area contributed by atoms with Crippen LogP contribution in [0.4, 0.5) is 0 Å². The van der Waals surface area contributed by atoms with Crippen molar-refractivity contribution < 1.29 is 24.3 Å². The van der Waals surface area contributed by atoms with Crippen LogP contribution in [-0.2, 0) is 24.3 Å². The van der Waals surface area contributed by atoms with E-state index in [2.05, 4.69) is 6.08 Å². The van der Waals surface area contributed by atoms with Crippen LogP contribution in [0.1, 0.15) is 26.2 Å². The minimum atomic E-state index is 0. The Morgan fingerprint density at radius 3 is 2.45 bits per heavy atom. The predicted octanol–water partition coefficient (Wildman–Crippen LogP) is 1.99. The fourth-order valence-electron chi connectivity index (χ4n) is 1.77. The number of fused-ring (bicyclic) bond motifs is 2. The molecule has 2 heteroatoms. The second-order valence-electron chi connectivity index (χ2n) is 3.05. The molecule has 0 aromatic carbocycles. The minimum absolute atomic E-state index is 0. The van der Waals surface area contributed by atoms with Gasteiger partial charge in [0.15, 0.2) is 5.78 Å². The Morgan fingerprint density at radius 2 is 2.18 bits per heavy atom. The van der Waals surface area contributed by atoms with Gasteiger partial charge in [-0.25, -0.2) is 0 Å². The van der Waals surface area contributed by atoms with Gasteiger partial charge in [0.25, 0.3) is 0 Å². The Hall–Kier alpha value is -0.227. The van der Waals surface area contributed by atoms with E-state index in [9.17, 15) is 4.79 Å². The zero-order chi connectivity index (χ0) is 7.14. The average molecular weight is 237 g/mol. The third kappa shape index (κ3) is 1.37. The molecule has 1 saturated carbocycles. The fraction of sp³-hybridized carbons (Fsp3) is 0.444. The maximum atomic E-state index is 10.9. The first-order valence-electron chi connectivity index (χ1n) is 3.70. The summed E-state index contributed by atoms with van der Waals surface area (Å²) in [6.45, 7) is 1.65. The largest absolute Gasteiger partial charge is 0.295 e. The first-order chi connectivity index (χ1) is 4.77. The van der Waals surface area contributed by atoms with E-state index in [-0.39, 0.29) is 25.3 Å². The van der Waals surface area contributed by atoms with Crippen LogP contribution < -0.4 is 0 Å². The molecule has 0 N–H and O–H groups in total. The Kier molecular flexibility index (Phi) is 2.44. The van der Waals surface area contributed by atoms with Gasteiger partial charge in [0.2, 0.25) is 0 Å². The van der Waals surface area contributed by atoms with Crippen molar-refractivity contribution in [3.63, 3.8) is 0 Å². The van der Waals surface area contributed by atoms with E-state index in [0.29, 0.717) is 0 Å². The first kappa shape index (κ1) is 8.87. The Balaban J connectivity index is 0.000000605. The van der Waals surface area contributed by atoms with Crippen LogP contribution >= 0.6 is 0 Å². The molecule has 2 aliphatic rings. The van der Waals surface area contributed by atoms with Crippen LogP contribution in [-0.4, -0.2) is 5.78 Å². The molecule has 61 valence electrons. The van der Waals surface area contributed by atoms with Crippen molar-refractivity contribution in [1.82, 2.24) is 0 Å². The Labute approximate surface area is 79.3 Å². The fourth-order valence-corrected chi connectivity index (χ4v) is 1.77. The van der Waals surface area contributed by atoms with Crippen LogP contribution in [0.25, 0.3) is 0 Å². The summed E-state index contributed by atoms with van der Waals surface area (Å²) < 4.78 is 0. The van der Waals surface area contributed by atoms with Gasteiger partial charge in [-0.1, -0.05) is 17.2 Å². The molecule has 0 aromatic rings. The molecule has 2 bridgehead atoms. The summed E-state index contributed by atoms with van der Waals surface area (Å²) in [4.78, 5) is 10.9. The maximum absolute atomic E-state index is 10.9. The third-order valence-corrected chi connectivity index (χ3v) is 2.30. The maximum Gasteiger partial charge on any atom is 0.159 e. The quantitative estimate of drug-likeness (QED) is 0.637. The van der Waals surface area contributed by atoms with E-state index in [1.54, 1.807) is 6.92 Å². The molecule has 0 aliphatic heterocycles. The molecule has 0 atom stereocenters. The van der Waals surface area contributed by atoms with E-state index in [1.165, 1.54) is 17.6 Å². The van der Waals surface area contributed by atoms with Gasteiger partial charge in [-0.3, -0.25) is 4.79 Å². The number of carbonyl (C=O) groups is 1. The number of rotatable bonds is 1. The molecule has 2 aliphatic carbocycles. The Bertz CT molecular complexity index is 261. The smallest absolute Gasteiger partial charge is 0.159 e. The van der Waals surface area contributed by atoms with Gasteiger partial charge in [0, 0.05) is 25.1 Å². The van der Waals surface area contributed by atoms with Crippen molar-refractivity contribution in [2.75, 3.05) is 0 Å². The topological polar surface area (TPSA) is 17.1 Å². The molecule has 1 radical (unpaired) electrons. The van der Waals surface area contributed by atoms with Crippen molar-refractivity contribution in [3.05, 3.63) is 22.8 Å². The third-order valence-electron chi connectivity index (χ3n) is 2.30. The minimum Gasteiger partial charge on any atom is -0.295 e. The predicted molar refractivity (Wildman–Crippen MR) is 39.6 cm³/mol. The molecule has 0 aromatic heterocycles. The van der Waals surface area contributed by atoms with Crippen molar-refractivity contribution >= 4 is 5.78 Å². The van der Waals surface area contributed by atoms with E-state index in [1.807, 2.05) is 0 Å². The van der Waals surface area contributed by atoms with Crippen molar-refractivity contribution in [2.24, 2.45) is 0 Å². The van der Waals surface area contributed by atoms with E-state index < -0.39 is 0 Å². The van der Waals surface area contributed by atoms with E-state index >= 15 is 0 Å². The standard InChI is InChI=1S/C9H10O.Rh/c1-6(10)9-5-7-2-3-8(9)4-7;/h5H,2-4H2,1H3;. The molecule has 0 saturated heterocycles. The van der Waals surface area contributed by atoms with E-state index in [0.717, 1.165) is 18.4 Å². The molecular formula is C9H10ORh. The van der Waals surface area contributed by atoms with Gasteiger partial charge in [0.05, 0.1) is 0 Å². The zero-order valence-electron chi connectivity index (χ0n) is 6.44. The van der Waals surface area contributed by atoms with Crippen molar-refractivity contribution in [3.8, 4) is 0 Å². The monoisotopic (exact) mass is 237 g/mol. The molecule has 1 nitrogen and oxygen atoms in total.